The Morgan fingerprint density at radius 2 is 1.84 bits per heavy atom. The first-order valence-electron chi connectivity index (χ1n) is 7.35. The van der Waals surface area contributed by atoms with E-state index in [0.717, 1.165) is 31.6 Å². The molecule has 0 aliphatic heterocycles. The second-order valence-corrected chi connectivity index (χ2v) is 5.89. The molecule has 2 amide bonds. The molecule has 5 nitrogen and oxygen atoms in total. The van der Waals surface area contributed by atoms with Crippen LogP contribution >= 0.6 is 0 Å². The van der Waals surface area contributed by atoms with Crippen molar-refractivity contribution in [3.05, 3.63) is 0 Å². The molecule has 5 heteroatoms. The number of carbonyl (C=O) groups excluding carboxylic acids is 1. The molecule has 0 radical (unpaired) electrons. The van der Waals surface area contributed by atoms with E-state index in [9.17, 15) is 4.79 Å². The van der Waals surface area contributed by atoms with Gasteiger partial charge in [0, 0.05) is 6.04 Å². The number of amides is 2. The van der Waals surface area contributed by atoms with Gasteiger partial charge in [-0.25, -0.2) is 4.79 Å². The van der Waals surface area contributed by atoms with Gasteiger partial charge in [-0.2, -0.15) is 0 Å². The summed E-state index contributed by atoms with van der Waals surface area (Å²) in [6.45, 7) is 4.03. The summed E-state index contributed by atoms with van der Waals surface area (Å²) >= 11 is 0. The molecule has 0 unspecified atom stereocenters. The Bertz CT molecular complexity index is 267. The molecule has 0 bridgehead atoms. The SMILES string of the molecule is CC(C)[C@H]1CCC[C@@H](NC(=O)NC(CO)CO)CC1. The van der Waals surface area contributed by atoms with Crippen molar-refractivity contribution in [2.75, 3.05) is 13.2 Å². The van der Waals surface area contributed by atoms with Gasteiger partial charge in [0.1, 0.15) is 0 Å². The fraction of sp³-hybridized carbons (Fsp3) is 0.929. The molecule has 112 valence electrons. The van der Waals surface area contributed by atoms with Crippen molar-refractivity contribution in [1.29, 1.82) is 0 Å². The van der Waals surface area contributed by atoms with E-state index in [1.807, 2.05) is 0 Å². The summed E-state index contributed by atoms with van der Waals surface area (Å²) in [6.07, 6.45) is 5.58. The van der Waals surface area contributed by atoms with Gasteiger partial charge in [-0.3, -0.25) is 0 Å². The zero-order valence-electron chi connectivity index (χ0n) is 12.1. The Kier molecular flexibility index (Phi) is 7.16. The lowest BCUT2D eigenvalue weighted by atomic mass is 9.89. The van der Waals surface area contributed by atoms with Gasteiger partial charge in [0.25, 0.3) is 0 Å². The lowest BCUT2D eigenvalue weighted by Gasteiger charge is -2.20. The Morgan fingerprint density at radius 3 is 2.42 bits per heavy atom. The Hall–Kier alpha value is -0.810. The number of nitrogens with one attached hydrogen (secondary N) is 2. The van der Waals surface area contributed by atoms with Crippen LogP contribution in [-0.4, -0.2) is 41.5 Å². The highest BCUT2D eigenvalue weighted by Gasteiger charge is 2.22. The van der Waals surface area contributed by atoms with Gasteiger partial charge in [-0.1, -0.05) is 26.7 Å². The lowest BCUT2D eigenvalue weighted by Crippen LogP contribution is -2.48. The van der Waals surface area contributed by atoms with Gasteiger partial charge in [-0.15, -0.1) is 0 Å². The van der Waals surface area contributed by atoms with Gasteiger partial charge in [-0.05, 0) is 31.1 Å². The number of aliphatic hydroxyl groups excluding tert-OH is 2. The van der Waals surface area contributed by atoms with E-state index >= 15 is 0 Å². The maximum atomic E-state index is 11.7. The average Bonchev–Trinajstić information content (AvgIpc) is 2.61. The molecule has 0 spiro atoms. The maximum absolute atomic E-state index is 11.7. The molecular weight excluding hydrogens is 244 g/mol. The summed E-state index contributed by atoms with van der Waals surface area (Å²) in [6, 6.07) is -0.655. The Labute approximate surface area is 115 Å². The first-order chi connectivity index (χ1) is 9.06. The molecule has 1 rings (SSSR count). The fourth-order valence-electron chi connectivity index (χ4n) is 2.70. The number of rotatable bonds is 5. The second-order valence-electron chi connectivity index (χ2n) is 5.89. The molecule has 0 saturated heterocycles. The molecule has 0 heterocycles. The van der Waals surface area contributed by atoms with E-state index in [1.165, 1.54) is 6.42 Å². The van der Waals surface area contributed by atoms with E-state index in [1.54, 1.807) is 0 Å². The van der Waals surface area contributed by atoms with E-state index in [2.05, 4.69) is 24.5 Å². The number of hydrogen-bond donors (Lipinski definition) is 4. The van der Waals surface area contributed by atoms with Gasteiger partial charge < -0.3 is 20.8 Å². The highest BCUT2D eigenvalue weighted by Crippen LogP contribution is 2.28. The van der Waals surface area contributed by atoms with E-state index in [4.69, 9.17) is 10.2 Å². The van der Waals surface area contributed by atoms with Crippen molar-refractivity contribution in [2.45, 2.75) is 58.0 Å². The third-order valence-corrected chi connectivity index (χ3v) is 4.07. The lowest BCUT2D eigenvalue weighted by molar-refractivity contribution is 0.167. The molecule has 19 heavy (non-hydrogen) atoms. The zero-order chi connectivity index (χ0) is 14.3. The zero-order valence-corrected chi connectivity index (χ0v) is 12.1. The van der Waals surface area contributed by atoms with Gasteiger partial charge in [0.05, 0.1) is 19.3 Å². The fourth-order valence-corrected chi connectivity index (χ4v) is 2.70. The summed E-state index contributed by atoms with van der Waals surface area (Å²) in [5.74, 6) is 1.47. The number of urea groups is 1. The van der Waals surface area contributed by atoms with Crippen LogP contribution < -0.4 is 10.6 Å². The molecule has 0 aromatic rings. The van der Waals surface area contributed by atoms with Crippen molar-refractivity contribution in [1.82, 2.24) is 10.6 Å². The standard InChI is InChI=1S/C14H28N2O3/c1-10(2)11-4-3-5-12(7-6-11)15-14(19)16-13(8-17)9-18/h10-13,17-18H,3-9H2,1-2H3,(H2,15,16,19)/t11-,12+/m0/s1. The molecule has 1 aliphatic rings. The van der Waals surface area contributed by atoms with Crippen molar-refractivity contribution < 1.29 is 15.0 Å². The van der Waals surface area contributed by atoms with Crippen LogP contribution in [-0.2, 0) is 0 Å². The van der Waals surface area contributed by atoms with Crippen LogP contribution in [0, 0.1) is 11.8 Å². The second kappa shape index (κ2) is 8.38. The number of carbonyl (C=O) groups is 1. The molecule has 0 aromatic heterocycles. The summed E-state index contributed by atoms with van der Waals surface area (Å²) in [5.41, 5.74) is 0. The topological polar surface area (TPSA) is 81.6 Å². The highest BCUT2D eigenvalue weighted by molar-refractivity contribution is 5.74. The predicted octanol–water partition coefficient (Wildman–Crippen LogP) is 1.24. The molecule has 4 N–H and O–H groups in total. The third-order valence-electron chi connectivity index (χ3n) is 4.07. The molecule has 1 aliphatic carbocycles. The monoisotopic (exact) mass is 272 g/mol. The quantitative estimate of drug-likeness (QED) is 0.568. The summed E-state index contributed by atoms with van der Waals surface area (Å²) in [7, 11) is 0. The Balaban J connectivity index is 2.34. The van der Waals surface area contributed by atoms with Crippen LogP contribution in [0.15, 0.2) is 0 Å². The van der Waals surface area contributed by atoms with E-state index < -0.39 is 6.04 Å². The number of hydrogen-bond acceptors (Lipinski definition) is 3. The third kappa shape index (κ3) is 5.78. The molecule has 1 saturated carbocycles. The van der Waals surface area contributed by atoms with Crippen LogP contribution in [0.3, 0.4) is 0 Å². The summed E-state index contributed by atoms with van der Waals surface area (Å²) < 4.78 is 0. The molecular formula is C14H28N2O3. The minimum absolute atomic E-state index is 0.210. The van der Waals surface area contributed by atoms with Gasteiger partial charge in [0.2, 0.25) is 0 Å². The normalized spacial score (nSPS) is 24.3. The summed E-state index contributed by atoms with van der Waals surface area (Å²) in [5, 5.41) is 23.4. The first-order valence-corrected chi connectivity index (χ1v) is 7.35. The van der Waals surface area contributed by atoms with Crippen LogP contribution in [0.5, 0.6) is 0 Å². The smallest absolute Gasteiger partial charge is 0.315 e. The van der Waals surface area contributed by atoms with Crippen LogP contribution in [0.1, 0.15) is 46.0 Å². The van der Waals surface area contributed by atoms with Gasteiger partial charge >= 0.3 is 6.03 Å². The van der Waals surface area contributed by atoms with Crippen molar-refractivity contribution >= 4 is 6.03 Å². The minimum atomic E-state index is -0.575. The largest absolute Gasteiger partial charge is 0.394 e. The summed E-state index contributed by atoms with van der Waals surface area (Å²) in [4.78, 5) is 11.7. The maximum Gasteiger partial charge on any atom is 0.315 e. The average molecular weight is 272 g/mol. The number of aliphatic hydroxyl groups is 2. The van der Waals surface area contributed by atoms with Crippen molar-refractivity contribution in [2.24, 2.45) is 11.8 Å². The minimum Gasteiger partial charge on any atom is -0.394 e. The van der Waals surface area contributed by atoms with Crippen molar-refractivity contribution in [3.8, 4) is 0 Å². The Morgan fingerprint density at radius 1 is 1.16 bits per heavy atom. The molecule has 1 fully saturated rings. The molecule has 2 atom stereocenters. The van der Waals surface area contributed by atoms with Gasteiger partial charge in [0.15, 0.2) is 0 Å². The highest BCUT2D eigenvalue weighted by atomic mass is 16.3. The van der Waals surface area contributed by atoms with Crippen LogP contribution in [0.2, 0.25) is 0 Å². The van der Waals surface area contributed by atoms with E-state index in [0.29, 0.717) is 5.92 Å². The van der Waals surface area contributed by atoms with Crippen LogP contribution in [0.4, 0.5) is 4.79 Å². The van der Waals surface area contributed by atoms with Crippen molar-refractivity contribution in [3.63, 3.8) is 0 Å². The first kappa shape index (κ1) is 16.2. The van der Waals surface area contributed by atoms with Crippen LogP contribution in [0.25, 0.3) is 0 Å². The predicted molar refractivity (Wildman–Crippen MR) is 74.8 cm³/mol. The molecule has 0 aromatic carbocycles. The van der Waals surface area contributed by atoms with E-state index in [-0.39, 0.29) is 25.3 Å².